The van der Waals surface area contributed by atoms with Crippen LogP contribution in [0.5, 0.6) is 0 Å². The summed E-state index contributed by atoms with van der Waals surface area (Å²) in [7, 11) is 0. The van der Waals surface area contributed by atoms with E-state index in [0.717, 1.165) is 18.5 Å². The van der Waals surface area contributed by atoms with Gasteiger partial charge in [0.15, 0.2) is 5.65 Å². The first-order chi connectivity index (χ1) is 10.1. The second-order valence-electron chi connectivity index (χ2n) is 4.86. The predicted octanol–water partition coefficient (Wildman–Crippen LogP) is 1.41. The van der Waals surface area contributed by atoms with Crippen LogP contribution in [0.15, 0.2) is 18.5 Å². The van der Waals surface area contributed by atoms with Crippen molar-refractivity contribution in [1.29, 1.82) is 0 Å². The first-order valence-electron chi connectivity index (χ1n) is 6.89. The maximum absolute atomic E-state index is 12.1. The largest absolute Gasteiger partial charge is 0.481 e. The van der Waals surface area contributed by atoms with Gasteiger partial charge in [0, 0.05) is 24.9 Å². The standard InChI is InChI=1S/C14H18N4O3/c1-10-6-8-18-13(17-10)11(9-16-18)14(21)15-7-4-2-3-5-12(19)20/h6,8-9H,2-5,7H2,1H3,(H,15,21)(H,19,20). The molecule has 2 heterocycles. The molecule has 2 rings (SSSR count). The Morgan fingerprint density at radius 3 is 2.90 bits per heavy atom. The normalized spacial score (nSPS) is 10.7. The SMILES string of the molecule is Cc1ccn2ncc(C(=O)NCCCCCC(=O)O)c2n1. The molecule has 0 aromatic carbocycles. The second-order valence-corrected chi connectivity index (χ2v) is 4.86. The van der Waals surface area contributed by atoms with E-state index < -0.39 is 5.97 Å². The smallest absolute Gasteiger partial charge is 0.303 e. The average molecular weight is 290 g/mol. The van der Waals surface area contributed by atoms with E-state index in [-0.39, 0.29) is 12.3 Å². The van der Waals surface area contributed by atoms with Gasteiger partial charge < -0.3 is 10.4 Å². The Kier molecular flexibility index (Phi) is 4.86. The quantitative estimate of drug-likeness (QED) is 0.752. The van der Waals surface area contributed by atoms with Gasteiger partial charge in [-0.2, -0.15) is 5.10 Å². The number of unbranched alkanes of at least 4 members (excludes halogenated alkanes) is 2. The van der Waals surface area contributed by atoms with Crippen molar-refractivity contribution in [2.75, 3.05) is 6.54 Å². The van der Waals surface area contributed by atoms with Crippen LogP contribution in [-0.4, -0.2) is 38.1 Å². The molecule has 0 saturated carbocycles. The van der Waals surface area contributed by atoms with E-state index in [2.05, 4.69) is 15.4 Å². The second kappa shape index (κ2) is 6.83. The first kappa shape index (κ1) is 15.0. The van der Waals surface area contributed by atoms with Crippen LogP contribution < -0.4 is 5.32 Å². The average Bonchev–Trinajstić information content (AvgIpc) is 2.85. The summed E-state index contributed by atoms with van der Waals surface area (Å²) in [5.74, 6) is -0.992. The highest BCUT2D eigenvalue weighted by Crippen LogP contribution is 2.08. The molecule has 0 fully saturated rings. The zero-order valence-corrected chi connectivity index (χ0v) is 11.9. The van der Waals surface area contributed by atoms with Crippen molar-refractivity contribution in [3.05, 3.63) is 29.7 Å². The molecule has 0 bridgehead atoms. The molecule has 0 radical (unpaired) electrons. The third-order valence-electron chi connectivity index (χ3n) is 3.11. The molecule has 0 aliphatic carbocycles. The predicted molar refractivity (Wildman–Crippen MR) is 76.2 cm³/mol. The summed E-state index contributed by atoms with van der Waals surface area (Å²) in [6, 6.07) is 1.82. The molecule has 0 atom stereocenters. The summed E-state index contributed by atoms with van der Waals surface area (Å²) >= 11 is 0. The van der Waals surface area contributed by atoms with Gasteiger partial charge in [-0.15, -0.1) is 0 Å². The van der Waals surface area contributed by atoms with Gasteiger partial charge in [0.05, 0.1) is 6.20 Å². The summed E-state index contributed by atoms with van der Waals surface area (Å²) in [6.45, 7) is 2.37. The van der Waals surface area contributed by atoms with Gasteiger partial charge in [-0.05, 0) is 25.8 Å². The Morgan fingerprint density at radius 2 is 2.14 bits per heavy atom. The highest BCUT2D eigenvalue weighted by Gasteiger charge is 2.13. The van der Waals surface area contributed by atoms with Crippen molar-refractivity contribution >= 4 is 17.5 Å². The fraction of sp³-hybridized carbons (Fsp3) is 0.429. The molecule has 2 N–H and O–H groups in total. The zero-order valence-electron chi connectivity index (χ0n) is 11.9. The topological polar surface area (TPSA) is 96.6 Å². The van der Waals surface area contributed by atoms with Gasteiger partial charge in [0.1, 0.15) is 5.56 Å². The Balaban J connectivity index is 1.85. The lowest BCUT2D eigenvalue weighted by Gasteiger charge is -2.03. The van der Waals surface area contributed by atoms with Crippen LogP contribution in [0.2, 0.25) is 0 Å². The molecule has 0 aliphatic heterocycles. The van der Waals surface area contributed by atoms with Gasteiger partial charge in [-0.1, -0.05) is 6.42 Å². The Hall–Kier alpha value is -2.44. The van der Waals surface area contributed by atoms with Crippen LogP contribution >= 0.6 is 0 Å². The highest BCUT2D eigenvalue weighted by atomic mass is 16.4. The van der Waals surface area contributed by atoms with E-state index in [1.54, 1.807) is 10.7 Å². The summed E-state index contributed by atoms with van der Waals surface area (Å²) < 4.78 is 1.56. The number of fused-ring (bicyclic) bond motifs is 1. The third-order valence-corrected chi connectivity index (χ3v) is 3.11. The van der Waals surface area contributed by atoms with Gasteiger partial charge in [-0.3, -0.25) is 9.59 Å². The number of carboxylic acid groups (broad SMARTS) is 1. The Labute approximate surface area is 122 Å². The van der Waals surface area contributed by atoms with E-state index in [4.69, 9.17) is 5.11 Å². The number of hydrogen-bond donors (Lipinski definition) is 2. The van der Waals surface area contributed by atoms with Crippen LogP contribution in [0, 0.1) is 6.92 Å². The maximum Gasteiger partial charge on any atom is 0.303 e. The number of aliphatic carboxylic acids is 1. The van der Waals surface area contributed by atoms with E-state index in [9.17, 15) is 9.59 Å². The minimum atomic E-state index is -0.785. The van der Waals surface area contributed by atoms with Gasteiger partial charge in [0.25, 0.3) is 5.91 Å². The van der Waals surface area contributed by atoms with Crippen LogP contribution in [0.25, 0.3) is 5.65 Å². The fourth-order valence-corrected chi connectivity index (χ4v) is 1.99. The van der Waals surface area contributed by atoms with Crippen molar-refractivity contribution in [3.8, 4) is 0 Å². The molecular weight excluding hydrogens is 272 g/mol. The lowest BCUT2D eigenvalue weighted by molar-refractivity contribution is -0.137. The Bertz CT molecular complexity index is 651. The number of aromatic nitrogens is 3. The van der Waals surface area contributed by atoms with E-state index in [1.165, 1.54) is 6.20 Å². The zero-order chi connectivity index (χ0) is 15.2. The molecule has 7 heteroatoms. The summed E-state index contributed by atoms with van der Waals surface area (Å²) in [5.41, 5.74) is 1.81. The number of carbonyl (C=O) groups is 2. The molecule has 1 amide bonds. The molecule has 2 aromatic heterocycles. The number of hydrogen-bond acceptors (Lipinski definition) is 4. The van der Waals surface area contributed by atoms with Crippen molar-refractivity contribution in [2.24, 2.45) is 0 Å². The summed E-state index contributed by atoms with van der Waals surface area (Å²) in [4.78, 5) is 26.7. The number of nitrogens with one attached hydrogen (secondary N) is 1. The minimum absolute atomic E-state index is 0.172. The number of carbonyl (C=O) groups excluding carboxylic acids is 1. The number of aryl methyl sites for hydroxylation is 1. The molecule has 0 spiro atoms. The summed E-state index contributed by atoms with van der Waals surface area (Å²) in [6.07, 6.45) is 5.60. The minimum Gasteiger partial charge on any atom is -0.481 e. The third kappa shape index (κ3) is 4.01. The first-order valence-corrected chi connectivity index (χ1v) is 6.89. The molecule has 7 nitrogen and oxygen atoms in total. The molecule has 0 saturated heterocycles. The van der Waals surface area contributed by atoms with E-state index >= 15 is 0 Å². The Morgan fingerprint density at radius 1 is 1.33 bits per heavy atom. The van der Waals surface area contributed by atoms with Crippen LogP contribution in [0.1, 0.15) is 41.7 Å². The van der Waals surface area contributed by atoms with Crippen molar-refractivity contribution in [3.63, 3.8) is 0 Å². The van der Waals surface area contributed by atoms with Crippen LogP contribution in [0.3, 0.4) is 0 Å². The lowest BCUT2D eigenvalue weighted by Crippen LogP contribution is -2.24. The molecule has 21 heavy (non-hydrogen) atoms. The highest BCUT2D eigenvalue weighted by molar-refractivity contribution is 5.99. The van der Waals surface area contributed by atoms with Crippen LogP contribution in [0.4, 0.5) is 0 Å². The van der Waals surface area contributed by atoms with Crippen molar-refractivity contribution in [2.45, 2.75) is 32.6 Å². The number of nitrogens with zero attached hydrogens (tertiary/aromatic N) is 3. The van der Waals surface area contributed by atoms with Gasteiger partial charge in [-0.25, -0.2) is 9.50 Å². The number of rotatable bonds is 7. The van der Waals surface area contributed by atoms with Gasteiger partial charge >= 0.3 is 5.97 Å². The molecule has 0 aliphatic rings. The summed E-state index contributed by atoms with van der Waals surface area (Å²) in [5, 5.41) is 15.4. The van der Waals surface area contributed by atoms with Crippen molar-refractivity contribution in [1.82, 2.24) is 19.9 Å². The molecule has 0 unspecified atom stereocenters. The molecular formula is C14H18N4O3. The van der Waals surface area contributed by atoms with E-state index in [0.29, 0.717) is 24.2 Å². The number of carboxylic acids is 1. The van der Waals surface area contributed by atoms with Crippen LogP contribution in [-0.2, 0) is 4.79 Å². The van der Waals surface area contributed by atoms with E-state index in [1.807, 2.05) is 13.0 Å². The molecule has 112 valence electrons. The van der Waals surface area contributed by atoms with Crippen molar-refractivity contribution < 1.29 is 14.7 Å². The number of amides is 1. The molecule has 2 aromatic rings. The van der Waals surface area contributed by atoms with Gasteiger partial charge in [0.2, 0.25) is 0 Å². The monoisotopic (exact) mass is 290 g/mol. The lowest BCUT2D eigenvalue weighted by atomic mass is 10.2. The fourth-order valence-electron chi connectivity index (χ4n) is 1.99. The maximum atomic E-state index is 12.1.